The van der Waals surface area contributed by atoms with Crippen molar-refractivity contribution in [1.29, 1.82) is 0 Å². The molecule has 0 bridgehead atoms. The molecule has 0 radical (unpaired) electrons. The van der Waals surface area contributed by atoms with E-state index in [2.05, 4.69) is 27.0 Å². The number of rotatable bonds is 5. The fourth-order valence-electron chi connectivity index (χ4n) is 4.22. The number of ether oxygens (including phenoxy) is 1. The van der Waals surface area contributed by atoms with Crippen LogP contribution in [0, 0.1) is 5.82 Å². The third-order valence-corrected chi connectivity index (χ3v) is 5.62. The van der Waals surface area contributed by atoms with Gasteiger partial charge in [0.25, 0.3) is 0 Å². The monoisotopic (exact) mass is 455 g/mol. The molecule has 0 unspecified atom stereocenters. The molecule has 0 spiro atoms. The van der Waals surface area contributed by atoms with E-state index in [1.54, 1.807) is 25.4 Å². The van der Waals surface area contributed by atoms with Gasteiger partial charge in [-0.3, -0.25) is 4.99 Å². The standard InChI is InChI=1S/C27H26FN5O/c1-17(2)30-23-16-26-24(15-22(23)32-21-11-7-13-29-27(21)34-3)31-20-10-4-5-12-25(20)33(26)19-9-6-8-18(28)14-19/h6-17,32H,4-5H2,1-3H3. The normalized spacial score (nSPS) is 13.4. The number of nitrogens with zero attached hydrogens (tertiary/aromatic N) is 4. The van der Waals surface area contributed by atoms with Crippen LogP contribution in [0.1, 0.15) is 26.7 Å². The first-order chi connectivity index (χ1) is 16.5. The van der Waals surface area contributed by atoms with E-state index in [1.165, 1.54) is 6.07 Å². The van der Waals surface area contributed by atoms with E-state index in [-0.39, 0.29) is 11.9 Å². The molecule has 5 rings (SSSR count). The van der Waals surface area contributed by atoms with Crippen molar-refractivity contribution in [2.24, 2.45) is 4.99 Å². The number of fused-ring (bicyclic) bond motifs is 2. The highest BCUT2D eigenvalue weighted by Gasteiger charge is 2.17. The number of nitrogens with one attached hydrogen (secondary N) is 1. The van der Waals surface area contributed by atoms with E-state index < -0.39 is 0 Å². The summed E-state index contributed by atoms with van der Waals surface area (Å²) in [5.41, 5.74) is 3.92. The topological polar surface area (TPSA) is 64.3 Å². The van der Waals surface area contributed by atoms with Gasteiger partial charge in [0, 0.05) is 17.9 Å². The zero-order valence-electron chi connectivity index (χ0n) is 19.4. The van der Waals surface area contributed by atoms with Crippen LogP contribution in [0.15, 0.2) is 59.7 Å². The van der Waals surface area contributed by atoms with Crippen LogP contribution in [0.3, 0.4) is 0 Å². The summed E-state index contributed by atoms with van der Waals surface area (Å²) in [6.45, 7) is 4.07. The third kappa shape index (κ3) is 4.17. The molecule has 172 valence electrons. The van der Waals surface area contributed by atoms with E-state index in [0.29, 0.717) is 5.88 Å². The average Bonchev–Trinajstić information content (AvgIpc) is 2.83. The number of pyridine rings is 1. The maximum atomic E-state index is 14.2. The summed E-state index contributed by atoms with van der Waals surface area (Å²) in [5, 5.41) is 6.06. The Morgan fingerprint density at radius 2 is 1.91 bits per heavy atom. The minimum absolute atomic E-state index is 0.0712. The molecule has 1 N–H and O–H groups in total. The summed E-state index contributed by atoms with van der Waals surface area (Å²) < 4.78 is 21.7. The van der Waals surface area contributed by atoms with Crippen molar-refractivity contribution < 1.29 is 9.13 Å². The molecule has 0 saturated carbocycles. The zero-order chi connectivity index (χ0) is 23.7. The van der Waals surface area contributed by atoms with E-state index in [4.69, 9.17) is 14.7 Å². The zero-order valence-corrected chi connectivity index (χ0v) is 19.4. The molecule has 2 aliphatic carbocycles. The van der Waals surface area contributed by atoms with Crippen molar-refractivity contribution in [2.45, 2.75) is 32.7 Å². The van der Waals surface area contributed by atoms with Gasteiger partial charge in [-0.05, 0) is 69.2 Å². The predicted octanol–water partition coefficient (Wildman–Crippen LogP) is 3.93. The molecule has 0 saturated heterocycles. The van der Waals surface area contributed by atoms with Crippen molar-refractivity contribution in [1.82, 2.24) is 14.5 Å². The molecule has 0 atom stereocenters. The van der Waals surface area contributed by atoms with Crippen LogP contribution >= 0.6 is 0 Å². The number of methoxy groups -OCH3 is 1. The van der Waals surface area contributed by atoms with Gasteiger partial charge in [0.1, 0.15) is 11.5 Å². The van der Waals surface area contributed by atoms with Crippen molar-refractivity contribution in [3.8, 4) is 23.0 Å². The predicted molar refractivity (Wildman–Crippen MR) is 132 cm³/mol. The van der Waals surface area contributed by atoms with Crippen molar-refractivity contribution >= 4 is 23.5 Å². The van der Waals surface area contributed by atoms with Gasteiger partial charge >= 0.3 is 0 Å². The first kappa shape index (κ1) is 21.8. The van der Waals surface area contributed by atoms with Crippen LogP contribution in [-0.2, 0) is 0 Å². The maximum absolute atomic E-state index is 14.2. The summed E-state index contributed by atoms with van der Waals surface area (Å²) in [5.74, 6) is 0.215. The lowest BCUT2D eigenvalue weighted by Gasteiger charge is -2.20. The van der Waals surface area contributed by atoms with Gasteiger partial charge in [0.15, 0.2) is 0 Å². The highest BCUT2D eigenvalue weighted by atomic mass is 19.1. The molecule has 2 aromatic rings. The summed E-state index contributed by atoms with van der Waals surface area (Å²) in [7, 11) is 1.59. The summed E-state index contributed by atoms with van der Waals surface area (Å²) in [6, 6.07) is 14.5. The number of hydrogen-bond acceptors (Lipinski definition) is 5. The Morgan fingerprint density at radius 1 is 1.06 bits per heavy atom. The molecule has 3 aliphatic rings. The second-order valence-electron chi connectivity index (χ2n) is 8.45. The van der Waals surface area contributed by atoms with Crippen LogP contribution in [0.5, 0.6) is 5.88 Å². The smallest absolute Gasteiger partial charge is 0.237 e. The number of aromatic nitrogens is 3. The van der Waals surface area contributed by atoms with Crippen LogP contribution in [0.25, 0.3) is 29.2 Å². The lowest BCUT2D eigenvalue weighted by molar-refractivity contribution is 0.400. The Morgan fingerprint density at radius 3 is 2.71 bits per heavy atom. The average molecular weight is 456 g/mol. The summed E-state index contributed by atoms with van der Waals surface area (Å²) in [4.78, 5) is 14.1. The van der Waals surface area contributed by atoms with Gasteiger partial charge in [0.2, 0.25) is 5.88 Å². The van der Waals surface area contributed by atoms with Gasteiger partial charge in [-0.1, -0.05) is 18.2 Å². The molecule has 0 fully saturated rings. The molecule has 2 heterocycles. The molecular formula is C27H26FN5O. The van der Waals surface area contributed by atoms with Crippen molar-refractivity contribution in [3.05, 3.63) is 76.6 Å². The number of anilines is 2. The van der Waals surface area contributed by atoms with Crippen molar-refractivity contribution in [2.75, 3.05) is 12.4 Å². The minimum Gasteiger partial charge on any atom is -0.480 e. The Kier molecular flexibility index (Phi) is 5.84. The van der Waals surface area contributed by atoms with E-state index in [0.717, 1.165) is 57.3 Å². The van der Waals surface area contributed by atoms with Gasteiger partial charge in [-0.25, -0.2) is 14.4 Å². The Bertz CT molecular complexity index is 1520. The van der Waals surface area contributed by atoms with Crippen LogP contribution < -0.4 is 26.1 Å². The number of benzene rings is 2. The van der Waals surface area contributed by atoms with Crippen molar-refractivity contribution in [3.63, 3.8) is 0 Å². The van der Waals surface area contributed by atoms with E-state index >= 15 is 0 Å². The first-order valence-corrected chi connectivity index (χ1v) is 11.4. The Hall–Kier alpha value is -4.00. The van der Waals surface area contributed by atoms with E-state index in [1.807, 2.05) is 44.2 Å². The second kappa shape index (κ2) is 9.09. The lowest BCUT2D eigenvalue weighted by Crippen LogP contribution is -2.40. The van der Waals surface area contributed by atoms with Crippen LogP contribution in [0.4, 0.5) is 15.8 Å². The fourth-order valence-corrected chi connectivity index (χ4v) is 4.22. The molecule has 1 aromatic heterocycles. The molecule has 6 nitrogen and oxygen atoms in total. The van der Waals surface area contributed by atoms with Crippen LogP contribution in [0.2, 0.25) is 0 Å². The van der Waals surface area contributed by atoms with Gasteiger partial charge in [-0.15, -0.1) is 0 Å². The molecule has 1 aliphatic heterocycles. The molecule has 34 heavy (non-hydrogen) atoms. The Labute approximate surface area is 197 Å². The SMILES string of the molecule is COc1ncccc1Nc1cc2nc3c(n(-c4cccc(F)c4)c-2cc1=NC(C)C)=CCCC=3. The first-order valence-electron chi connectivity index (χ1n) is 11.4. The quantitative estimate of drug-likeness (QED) is 0.495. The summed E-state index contributed by atoms with van der Waals surface area (Å²) in [6.07, 6.45) is 7.82. The lowest BCUT2D eigenvalue weighted by atomic mass is 10.1. The van der Waals surface area contributed by atoms with E-state index in [9.17, 15) is 4.39 Å². The second-order valence-corrected chi connectivity index (χ2v) is 8.45. The summed E-state index contributed by atoms with van der Waals surface area (Å²) >= 11 is 0. The minimum atomic E-state index is -0.280. The van der Waals surface area contributed by atoms with Gasteiger partial charge in [0.05, 0.1) is 40.2 Å². The Balaban J connectivity index is 1.82. The largest absolute Gasteiger partial charge is 0.480 e. The molecule has 1 aromatic carbocycles. The fraction of sp³-hybridized carbons (Fsp3) is 0.222. The molecular weight excluding hydrogens is 429 g/mol. The number of halogens is 1. The maximum Gasteiger partial charge on any atom is 0.237 e. The third-order valence-electron chi connectivity index (χ3n) is 5.62. The highest BCUT2D eigenvalue weighted by Crippen LogP contribution is 2.27. The van der Waals surface area contributed by atoms with Gasteiger partial charge in [-0.2, -0.15) is 0 Å². The highest BCUT2D eigenvalue weighted by molar-refractivity contribution is 5.71. The number of hydrogen-bond donors (Lipinski definition) is 1. The molecule has 7 heteroatoms. The van der Waals surface area contributed by atoms with Crippen LogP contribution in [-0.4, -0.2) is 27.7 Å². The van der Waals surface area contributed by atoms with Gasteiger partial charge < -0.3 is 14.6 Å². The molecule has 0 amide bonds.